The molecule has 0 unspecified atom stereocenters. The molecule has 4 aromatic carbocycles. The van der Waals surface area contributed by atoms with Gasteiger partial charge in [0.05, 0.1) is 0 Å². The molecule has 27 heavy (non-hydrogen) atoms. The van der Waals surface area contributed by atoms with E-state index in [1.807, 2.05) is 0 Å². The van der Waals surface area contributed by atoms with Crippen LogP contribution in [0.4, 0.5) is 0 Å². The first-order valence-corrected chi connectivity index (χ1v) is 11.5. The summed E-state index contributed by atoms with van der Waals surface area (Å²) >= 11 is -0.425. The molecule has 0 amide bonds. The van der Waals surface area contributed by atoms with Crippen LogP contribution in [0.3, 0.4) is 0 Å². The molecule has 0 nitrogen and oxygen atoms in total. The zero-order valence-electron chi connectivity index (χ0n) is 15.6. The first-order chi connectivity index (χ1) is 13.2. The van der Waals surface area contributed by atoms with Gasteiger partial charge in [0, 0.05) is 0 Å². The van der Waals surface area contributed by atoms with Gasteiger partial charge in [0.25, 0.3) is 0 Å². The van der Waals surface area contributed by atoms with Crippen LogP contribution in [-0.4, -0.2) is 20.9 Å². The Balaban J connectivity index is 1.67. The van der Waals surface area contributed by atoms with Crippen LogP contribution in [0.15, 0.2) is 97.1 Å². The van der Waals surface area contributed by atoms with Gasteiger partial charge in [-0.05, 0) is 0 Å². The van der Waals surface area contributed by atoms with Gasteiger partial charge in [0.2, 0.25) is 0 Å². The van der Waals surface area contributed by atoms with Gasteiger partial charge in [-0.1, -0.05) is 0 Å². The summed E-state index contributed by atoms with van der Waals surface area (Å²) in [7, 11) is 0. The van der Waals surface area contributed by atoms with E-state index < -0.39 is 20.9 Å². The predicted molar refractivity (Wildman–Crippen MR) is 118 cm³/mol. The Bertz CT molecular complexity index is 963. The molecular formula is C26H22Te. The first-order valence-electron chi connectivity index (χ1n) is 9.21. The fourth-order valence-corrected chi connectivity index (χ4v) is 5.89. The summed E-state index contributed by atoms with van der Waals surface area (Å²) in [6, 6.07) is 35.4. The molecule has 0 aliphatic heterocycles. The summed E-state index contributed by atoms with van der Waals surface area (Å²) in [5.41, 5.74) is 8.00. The maximum absolute atomic E-state index is 2.40. The van der Waals surface area contributed by atoms with Crippen LogP contribution in [0.5, 0.6) is 0 Å². The third-order valence-electron chi connectivity index (χ3n) is 4.82. The maximum atomic E-state index is 2.40. The molecule has 0 aromatic heterocycles. The third kappa shape index (κ3) is 4.16. The zero-order chi connectivity index (χ0) is 18.6. The Labute approximate surface area is 172 Å². The fourth-order valence-electron chi connectivity index (χ4n) is 3.32. The van der Waals surface area contributed by atoms with Gasteiger partial charge in [-0.3, -0.25) is 0 Å². The van der Waals surface area contributed by atoms with E-state index in [2.05, 4.69) is 111 Å². The molecular weight excluding hydrogens is 440 g/mol. The van der Waals surface area contributed by atoms with Crippen LogP contribution in [0.25, 0.3) is 22.3 Å². The van der Waals surface area contributed by atoms with Crippen molar-refractivity contribution in [1.29, 1.82) is 0 Å². The van der Waals surface area contributed by atoms with E-state index in [0.29, 0.717) is 0 Å². The van der Waals surface area contributed by atoms with E-state index in [4.69, 9.17) is 0 Å². The van der Waals surface area contributed by atoms with Gasteiger partial charge in [0.1, 0.15) is 0 Å². The summed E-state index contributed by atoms with van der Waals surface area (Å²) in [6.07, 6.45) is 0. The van der Waals surface area contributed by atoms with E-state index >= 15 is 0 Å². The Morgan fingerprint density at radius 1 is 0.481 bits per heavy atom. The third-order valence-corrected chi connectivity index (χ3v) is 7.62. The SMILES string of the molecule is Cc1ccc([Te]c2ccc(C)c(-c3ccccc3)c2)cc1-c1ccccc1. The molecule has 132 valence electrons. The summed E-state index contributed by atoms with van der Waals surface area (Å²) in [5, 5.41) is 0. The number of aryl methyl sites for hydroxylation is 2. The van der Waals surface area contributed by atoms with E-state index in [1.165, 1.54) is 40.6 Å². The van der Waals surface area contributed by atoms with Crippen molar-refractivity contribution in [3.8, 4) is 22.3 Å². The average Bonchev–Trinajstić information content (AvgIpc) is 2.72. The van der Waals surface area contributed by atoms with Crippen LogP contribution in [0.1, 0.15) is 11.1 Å². The zero-order valence-corrected chi connectivity index (χ0v) is 18.0. The van der Waals surface area contributed by atoms with Gasteiger partial charge in [-0.15, -0.1) is 0 Å². The van der Waals surface area contributed by atoms with Crippen molar-refractivity contribution >= 4 is 28.1 Å². The van der Waals surface area contributed by atoms with E-state index in [0.717, 1.165) is 0 Å². The molecule has 0 spiro atoms. The van der Waals surface area contributed by atoms with Crippen molar-refractivity contribution in [3.63, 3.8) is 0 Å². The summed E-state index contributed by atoms with van der Waals surface area (Å²) in [6.45, 7) is 4.40. The molecule has 4 aromatic rings. The van der Waals surface area contributed by atoms with Crippen LogP contribution in [0.2, 0.25) is 0 Å². The summed E-state index contributed by atoms with van der Waals surface area (Å²) in [5.74, 6) is 0. The van der Waals surface area contributed by atoms with Crippen molar-refractivity contribution < 1.29 is 0 Å². The van der Waals surface area contributed by atoms with Crippen molar-refractivity contribution in [2.45, 2.75) is 13.8 Å². The van der Waals surface area contributed by atoms with Crippen LogP contribution < -0.4 is 7.22 Å². The molecule has 0 saturated carbocycles. The Hall–Kier alpha value is -2.33. The minimum absolute atomic E-state index is 0.425. The van der Waals surface area contributed by atoms with Crippen LogP contribution in [0, 0.1) is 13.8 Å². The summed E-state index contributed by atoms with van der Waals surface area (Å²) in [4.78, 5) is 0. The van der Waals surface area contributed by atoms with Crippen molar-refractivity contribution in [2.75, 3.05) is 0 Å². The molecule has 0 bridgehead atoms. The van der Waals surface area contributed by atoms with Gasteiger partial charge in [-0.25, -0.2) is 0 Å². The predicted octanol–water partition coefficient (Wildman–Crippen LogP) is 5.29. The first kappa shape index (κ1) is 18.1. The van der Waals surface area contributed by atoms with Crippen LogP contribution in [-0.2, 0) is 0 Å². The Morgan fingerprint density at radius 3 is 1.30 bits per heavy atom. The standard InChI is InChI=1S/C26H22Te/c1-19-13-15-23(17-25(19)21-9-5-3-6-10-21)27-24-16-14-20(2)26(18-24)22-11-7-4-8-12-22/h3-18H,1-2H3. The Morgan fingerprint density at radius 2 is 0.889 bits per heavy atom. The van der Waals surface area contributed by atoms with Gasteiger partial charge in [0.15, 0.2) is 0 Å². The number of benzene rings is 4. The quantitative estimate of drug-likeness (QED) is 0.362. The molecule has 4 rings (SSSR count). The number of rotatable bonds is 4. The van der Waals surface area contributed by atoms with Crippen molar-refractivity contribution in [1.82, 2.24) is 0 Å². The second-order valence-corrected chi connectivity index (χ2v) is 10.1. The van der Waals surface area contributed by atoms with Crippen molar-refractivity contribution in [2.24, 2.45) is 0 Å². The fraction of sp³-hybridized carbons (Fsp3) is 0.0769. The molecule has 0 heterocycles. The molecule has 0 radical (unpaired) electrons. The molecule has 0 atom stereocenters. The second kappa shape index (κ2) is 8.13. The molecule has 0 aliphatic rings. The summed E-state index contributed by atoms with van der Waals surface area (Å²) < 4.78 is 2.96. The molecule has 0 saturated heterocycles. The number of hydrogen-bond donors (Lipinski definition) is 0. The van der Waals surface area contributed by atoms with Crippen molar-refractivity contribution in [3.05, 3.63) is 108 Å². The minimum atomic E-state index is -0.425. The number of hydrogen-bond acceptors (Lipinski definition) is 0. The van der Waals surface area contributed by atoms with Gasteiger partial charge < -0.3 is 0 Å². The van der Waals surface area contributed by atoms with Gasteiger partial charge >= 0.3 is 172 Å². The van der Waals surface area contributed by atoms with Gasteiger partial charge in [-0.2, -0.15) is 0 Å². The molecule has 0 aliphatic carbocycles. The Kier molecular flexibility index (Phi) is 5.44. The topological polar surface area (TPSA) is 0 Å². The van der Waals surface area contributed by atoms with E-state index in [-0.39, 0.29) is 0 Å². The normalized spacial score (nSPS) is 10.7. The van der Waals surface area contributed by atoms with E-state index in [1.54, 1.807) is 0 Å². The molecule has 0 N–H and O–H groups in total. The second-order valence-electron chi connectivity index (χ2n) is 6.79. The van der Waals surface area contributed by atoms with E-state index in [9.17, 15) is 0 Å². The molecule has 1 heteroatoms. The monoisotopic (exact) mass is 464 g/mol. The van der Waals surface area contributed by atoms with Crippen LogP contribution >= 0.6 is 0 Å². The molecule has 0 fully saturated rings. The average molecular weight is 462 g/mol.